The first kappa shape index (κ1) is 21.5. The minimum Gasteiger partial charge on any atom is -0.329 e. The third-order valence-electron chi connectivity index (χ3n) is 5.30. The lowest BCUT2D eigenvalue weighted by Gasteiger charge is -2.32. The first-order valence-corrected chi connectivity index (χ1v) is 10.1. The Bertz CT molecular complexity index is 973. The van der Waals surface area contributed by atoms with Crippen molar-refractivity contribution in [3.05, 3.63) is 101 Å². The van der Waals surface area contributed by atoms with Gasteiger partial charge in [-0.2, -0.15) is 0 Å². The summed E-state index contributed by atoms with van der Waals surface area (Å²) in [5.41, 5.74) is 3.71. The summed E-state index contributed by atoms with van der Waals surface area (Å²) in [6, 6.07) is 19.2. The van der Waals surface area contributed by atoms with Gasteiger partial charge in [0.2, 0.25) is 0 Å². The highest BCUT2D eigenvalue weighted by molar-refractivity contribution is 5.75. The van der Waals surface area contributed by atoms with E-state index in [-0.39, 0.29) is 29.8 Å². The fourth-order valence-corrected chi connectivity index (χ4v) is 3.65. The van der Waals surface area contributed by atoms with Crippen molar-refractivity contribution >= 4 is 6.03 Å². The second-order valence-electron chi connectivity index (χ2n) is 7.85. The zero-order chi connectivity index (χ0) is 21.7. The summed E-state index contributed by atoms with van der Waals surface area (Å²) in [5.74, 6) is -0.139. The number of carbonyl (C=O) groups excluding carboxylic acids is 1. The van der Waals surface area contributed by atoms with E-state index in [1.165, 1.54) is 12.1 Å². The molecule has 4 nitrogen and oxygen atoms in total. The van der Waals surface area contributed by atoms with Crippen molar-refractivity contribution in [2.24, 2.45) is 5.92 Å². The summed E-state index contributed by atoms with van der Waals surface area (Å²) in [6.07, 6.45) is 1.75. The fourth-order valence-electron chi connectivity index (χ4n) is 3.65. The summed E-state index contributed by atoms with van der Waals surface area (Å²) in [4.78, 5) is 19.5. The topological polar surface area (TPSA) is 45.2 Å². The van der Waals surface area contributed by atoms with Gasteiger partial charge in [-0.3, -0.25) is 4.98 Å². The molecule has 3 aromatic rings. The number of hydrogen-bond donors (Lipinski definition) is 1. The van der Waals surface area contributed by atoms with Crippen LogP contribution in [0.2, 0.25) is 0 Å². The molecule has 2 atom stereocenters. The summed E-state index contributed by atoms with van der Waals surface area (Å²) in [5, 5.41) is 3.16. The highest BCUT2D eigenvalue weighted by Crippen LogP contribution is 2.29. The number of rotatable bonds is 6. The number of carbonyl (C=O) groups is 1. The number of hydrogen-bond acceptors (Lipinski definition) is 2. The monoisotopic (exact) mass is 405 g/mol. The van der Waals surface area contributed by atoms with E-state index in [2.05, 4.69) is 24.1 Å². The van der Waals surface area contributed by atoms with Gasteiger partial charge >= 0.3 is 6.03 Å². The number of pyridine rings is 1. The van der Waals surface area contributed by atoms with Gasteiger partial charge in [0.15, 0.2) is 0 Å². The van der Waals surface area contributed by atoms with Crippen LogP contribution in [0.15, 0.2) is 72.9 Å². The number of aryl methyl sites for hydroxylation is 1. The maximum absolute atomic E-state index is 13.5. The van der Waals surface area contributed by atoms with Gasteiger partial charge in [-0.15, -0.1) is 0 Å². The van der Waals surface area contributed by atoms with E-state index >= 15 is 0 Å². The smallest absolute Gasteiger partial charge is 0.318 e. The lowest BCUT2D eigenvalue weighted by molar-refractivity contribution is 0.190. The van der Waals surface area contributed by atoms with E-state index in [0.717, 1.165) is 22.4 Å². The van der Waals surface area contributed by atoms with Crippen molar-refractivity contribution in [3.8, 4) is 0 Å². The largest absolute Gasteiger partial charge is 0.329 e. The van der Waals surface area contributed by atoms with E-state index < -0.39 is 0 Å². The van der Waals surface area contributed by atoms with E-state index in [1.807, 2.05) is 49.4 Å². The molecular weight excluding hydrogens is 377 g/mol. The molecule has 0 saturated carbocycles. The Hall–Kier alpha value is -3.21. The minimum absolute atomic E-state index is 0.164. The van der Waals surface area contributed by atoms with Crippen LogP contribution in [-0.2, 0) is 0 Å². The molecule has 0 aliphatic carbocycles. The molecule has 0 spiro atoms. The molecule has 2 amide bonds. The van der Waals surface area contributed by atoms with Crippen molar-refractivity contribution in [1.82, 2.24) is 15.2 Å². The Morgan fingerprint density at radius 1 is 0.967 bits per heavy atom. The first-order chi connectivity index (χ1) is 14.4. The highest BCUT2D eigenvalue weighted by atomic mass is 19.1. The minimum atomic E-state index is -0.343. The van der Waals surface area contributed by atoms with Gasteiger partial charge in [0.05, 0.1) is 17.8 Å². The maximum atomic E-state index is 13.5. The fraction of sp³-hybridized carbons (Fsp3) is 0.280. The predicted octanol–water partition coefficient (Wildman–Crippen LogP) is 5.66. The average molecular weight is 406 g/mol. The van der Waals surface area contributed by atoms with Crippen LogP contribution in [-0.4, -0.2) is 23.0 Å². The van der Waals surface area contributed by atoms with Gasteiger partial charge in [0, 0.05) is 13.2 Å². The second kappa shape index (κ2) is 9.53. The third-order valence-corrected chi connectivity index (χ3v) is 5.30. The van der Waals surface area contributed by atoms with Crippen LogP contribution in [0.4, 0.5) is 9.18 Å². The zero-order valence-corrected chi connectivity index (χ0v) is 17.8. The molecule has 1 heterocycles. The quantitative estimate of drug-likeness (QED) is 0.575. The van der Waals surface area contributed by atoms with E-state index in [9.17, 15) is 9.18 Å². The summed E-state index contributed by atoms with van der Waals surface area (Å²) >= 11 is 0. The standard InChI is InChI=1S/C25H28FN3O/c1-17(2)22(23-18(3)9-8-16-27-23)28-25(30)29(4)24(19-10-6-5-7-11-19)20-12-14-21(26)15-13-20/h5-17,22,24H,1-4H3,(H,28,30). The average Bonchev–Trinajstić information content (AvgIpc) is 2.74. The van der Waals surface area contributed by atoms with Gasteiger partial charge in [-0.25, -0.2) is 9.18 Å². The highest BCUT2D eigenvalue weighted by Gasteiger charge is 2.27. The molecule has 0 aliphatic heterocycles. The molecule has 1 aromatic heterocycles. The normalized spacial score (nSPS) is 13.0. The zero-order valence-electron chi connectivity index (χ0n) is 17.8. The van der Waals surface area contributed by atoms with Gasteiger partial charge in [-0.1, -0.05) is 62.4 Å². The third kappa shape index (κ3) is 4.85. The van der Waals surface area contributed by atoms with Crippen LogP contribution in [0, 0.1) is 18.7 Å². The summed E-state index contributed by atoms with van der Waals surface area (Å²) in [7, 11) is 1.76. The molecule has 5 heteroatoms. The van der Waals surface area contributed by atoms with E-state index in [1.54, 1.807) is 30.3 Å². The number of urea groups is 1. The maximum Gasteiger partial charge on any atom is 0.318 e. The van der Waals surface area contributed by atoms with Gasteiger partial charge in [0.1, 0.15) is 5.82 Å². The molecule has 0 radical (unpaired) electrons. The van der Waals surface area contributed by atoms with Crippen LogP contribution in [0.5, 0.6) is 0 Å². The Morgan fingerprint density at radius 2 is 1.60 bits per heavy atom. The van der Waals surface area contributed by atoms with Crippen LogP contribution in [0.25, 0.3) is 0 Å². The van der Waals surface area contributed by atoms with Crippen molar-refractivity contribution in [2.75, 3.05) is 7.05 Å². The lowest BCUT2D eigenvalue weighted by Crippen LogP contribution is -2.43. The van der Waals surface area contributed by atoms with Gasteiger partial charge < -0.3 is 10.2 Å². The van der Waals surface area contributed by atoms with E-state index in [4.69, 9.17) is 0 Å². The number of halogens is 1. The Kier molecular flexibility index (Phi) is 6.83. The Labute approximate surface area is 177 Å². The summed E-state index contributed by atoms with van der Waals surface area (Å²) in [6.45, 7) is 6.13. The number of nitrogens with zero attached hydrogens (tertiary/aromatic N) is 2. The number of aromatic nitrogens is 1. The molecular formula is C25H28FN3O. The molecule has 30 heavy (non-hydrogen) atoms. The lowest BCUT2D eigenvalue weighted by atomic mass is 9.96. The molecule has 0 fully saturated rings. The van der Waals surface area contributed by atoms with E-state index in [0.29, 0.717) is 0 Å². The molecule has 156 valence electrons. The molecule has 0 saturated heterocycles. The van der Waals surface area contributed by atoms with Crippen LogP contribution in [0.1, 0.15) is 48.3 Å². The van der Waals surface area contributed by atoms with Crippen molar-refractivity contribution < 1.29 is 9.18 Å². The van der Waals surface area contributed by atoms with Crippen LogP contribution in [0.3, 0.4) is 0 Å². The van der Waals surface area contributed by atoms with Crippen molar-refractivity contribution in [3.63, 3.8) is 0 Å². The van der Waals surface area contributed by atoms with Gasteiger partial charge in [-0.05, 0) is 47.7 Å². The van der Waals surface area contributed by atoms with Crippen LogP contribution < -0.4 is 5.32 Å². The van der Waals surface area contributed by atoms with Gasteiger partial charge in [0.25, 0.3) is 0 Å². The summed E-state index contributed by atoms with van der Waals surface area (Å²) < 4.78 is 13.5. The predicted molar refractivity (Wildman–Crippen MR) is 118 cm³/mol. The Balaban J connectivity index is 1.91. The van der Waals surface area contributed by atoms with Crippen molar-refractivity contribution in [1.29, 1.82) is 0 Å². The SMILES string of the molecule is Cc1cccnc1C(NC(=O)N(C)C(c1ccccc1)c1ccc(F)cc1)C(C)C. The molecule has 2 aromatic carbocycles. The van der Waals surface area contributed by atoms with Crippen LogP contribution >= 0.6 is 0 Å². The molecule has 3 rings (SSSR count). The molecule has 0 bridgehead atoms. The molecule has 0 aliphatic rings. The Morgan fingerprint density at radius 3 is 2.20 bits per heavy atom. The second-order valence-corrected chi connectivity index (χ2v) is 7.85. The molecule has 1 N–H and O–H groups in total. The van der Waals surface area contributed by atoms with Crippen molar-refractivity contribution in [2.45, 2.75) is 32.9 Å². The number of benzene rings is 2. The first-order valence-electron chi connectivity index (χ1n) is 10.1. The molecule has 2 unspecified atom stereocenters. The number of nitrogens with one attached hydrogen (secondary N) is 1. The number of amides is 2.